The molecule has 0 amide bonds. The molecule has 1 saturated carbocycles. The lowest BCUT2D eigenvalue weighted by Crippen LogP contribution is -2.46. The van der Waals surface area contributed by atoms with Gasteiger partial charge in [-0.15, -0.1) is 0 Å². The van der Waals surface area contributed by atoms with Gasteiger partial charge in [0.05, 0.1) is 5.60 Å². The number of ether oxygens (including phenoxy) is 1. The van der Waals surface area contributed by atoms with Crippen LogP contribution in [-0.2, 0) is 4.74 Å². The Bertz CT molecular complexity index is 209. The molecule has 1 saturated heterocycles. The van der Waals surface area contributed by atoms with Gasteiger partial charge < -0.3 is 15.2 Å². The second-order valence-electron chi connectivity index (χ2n) is 5.46. The molecule has 0 spiro atoms. The van der Waals surface area contributed by atoms with Crippen molar-refractivity contribution in [1.29, 1.82) is 0 Å². The predicted octanol–water partition coefficient (Wildman–Crippen LogP) is 0.916. The highest BCUT2D eigenvalue weighted by molar-refractivity contribution is 5.02. The molecule has 1 unspecified atom stereocenters. The standard InChI is InChI=1S/C11H21NO2/c1-10(2)7-9(10)12-8-11(13)3-5-14-6-4-11/h9,12-13H,3-8H2,1-2H3. The Morgan fingerprint density at radius 1 is 1.36 bits per heavy atom. The van der Waals surface area contributed by atoms with Crippen LogP contribution in [-0.4, -0.2) is 36.5 Å². The van der Waals surface area contributed by atoms with E-state index in [1.54, 1.807) is 0 Å². The van der Waals surface area contributed by atoms with Crippen LogP contribution in [0.5, 0.6) is 0 Å². The highest BCUT2D eigenvalue weighted by Gasteiger charge is 2.46. The SMILES string of the molecule is CC1(C)CC1NCC1(O)CCOCC1. The van der Waals surface area contributed by atoms with Gasteiger partial charge in [0.2, 0.25) is 0 Å². The van der Waals surface area contributed by atoms with Crippen LogP contribution < -0.4 is 5.32 Å². The summed E-state index contributed by atoms with van der Waals surface area (Å²) in [5.41, 5.74) is -0.0710. The fourth-order valence-electron chi connectivity index (χ4n) is 2.06. The summed E-state index contributed by atoms with van der Waals surface area (Å²) in [7, 11) is 0. The van der Waals surface area contributed by atoms with Gasteiger partial charge in [0.15, 0.2) is 0 Å². The lowest BCUT2D eigenvalue weighted by molar-refractivity contribution is -0.0620. The summed E-state index contributed by atoms with van der Waals surface area (Å²) in [5.74, 6) is 0. The lowest BCUT2D eigenvalue weighted by Gasteiger charge is -2.32. The maximum Gasteiger partial charge on any atom is 0.0815 e. The highest BCUT2D eigenvalue weighted by atomic mass is 16.5. The molecule has 0 aromatic heterocycles. The third-order valence-corrected chi connectivity index (χ3v) is 3.61. The van der Waals surface area contributed by atoms with Crippen LogP contribution in [0.15, 0.2) is 0 Å². The van der Waals surface area contributed by atoms with E-state index in [1.165, 1.54) is 6.42 Å². The molecule has 0 aromatic rings. The maximum absolute atomic E-state index is 10.2. The molecular formula is C11H21NO2. The zero-order chi connectivity index (χ0) is 10.2. The van der Waals surface area contributed by atoms with E-state index in [0.29, 0.717) is 24.7 Å². The summed E-state index contributed by atoms with van der Waals surface area (Å²) in [4.78, 5) is 0. The zero-order valence-corrected chi connectivity index (χ0v) is 9.18. The summed E-state index contributed by atoms with van der Waals surface area (Å²) >= 11 is 0. The molecule has 2 aliphatic rings. The van der Waals surface area contributed by atoms with E-state index in [4.69, 9.17) is 4.74 Å². The minimum absolute atomic E-state index is 0.446. The van der Waals surface area contributed by atoms with Crippen LogP contribution in [0, 0.1) is 5.41 Å². The van der Waals surface area contributed by atoms with Crippen LogP contribution in [0.4, 0.5) is 0 Å². The molecule has 0 bridgehead atoms. The molecule has 1 atom stereocenters. The molecule has 0 radical (unpaired) electrons. The van der Waals surface area contributed by atoms with Crippen LogP contribution >= 0.6 is 0 Å². The second-order valence-corrected chi connectivity index (χ2v) is 5.46. The van der Waals surface area contributed by atoms with Crippen LogP contribution in [0.1, 0.15) is 33.1 Å². The quantitative estimate of drug-likeness (QED) is 0.710. The first-order valence-electron chi connectivity index (χ1n) is 5.55. The van der Waals surface area contributed by atoms with Gasteiger partial charge in [0.25, 0.3) is 0 Å². The molecule has 0 aromatic carbocycles. The summed E-state index contributed by atoms with van der Waals surface area (Å²) in [6.45, 7) is 6.65. The van der Waals surface area contributed by atoms with Crippen LogP contribution in [0.25, 0.3) is 0 Å². The first kappa shape index (κ1) is 10.4. The van der Waals surface area contributed by atoms with E-state index < -0.39 is 5.60 Å². The Labute approximate surface area is 85.8 Å². The van der Waals surface area contributed by atoms with Gasteiger partial charge in [0, 0.05) is 38.6 Å². The Morgan fingerprint density at radius 2 is 1.93 bits per heavy atom. The van der Waals surface area contributed by atoms with E-state index >= 15 is 0 Å². The molecule has 2 fully saturated rings. The minimum atomic E-state index is -0.517. The van der Waals surface area contributed by atoms with Gasteiger partial charge in [-0.05, 0) is 11.8 Å². The predicted molar refractivity (Wildman–Crippen MR) is 55.2 cm³/mol. The van der Waals surface area contributed by atoms with Gasteiger partial charge in [-0.3, -0.25) is 0 Å². The monoisotopic (exact) mass is 199 g/mol. The van der Waals surface area contributed by atoms with Crippen LogP contribution in [0.3, 0.4) is 0 Å². The average molecular weight is 199 g/mol. The van der Waals surface area contributed by atoms with Crippen molar-refractivity contribution in [2.75, 3.05) is 19.8 Å². The number of hydrogen-bond donors (Lipinski definition) is 2. The molecule has 3 nitrogen and oxygen atoms in total. The van der Waals surface area contributed by atoms with Crippen LogP contribution in [0.2, 0.25) is 0 Å². The molecule has 3 heteroatoms. The molecule has 1 aliphatic heterocycles. The fraction of sp³-hybridized carbons (Fsp3) is 1.00. The van der Waals surface area contributed by atoms with E-state index in [0.717, 1.165) is 19.4 Å². The topological polar surface area (TPSA) is 41.5 Å². The average Bonchev–Trinajstić information content (AvgIpc) is 2.73. The molecule has 1 aliphatic carbocycles. The van der Waals surface area contributed by atoms with Crippen molar-refractivity contribution >= 4 is 0 Å². The largest absolute Gasteiger partial charge is 0.388 e. The van der Waals surface area contributed by atoms with Crippen molar-refractivity contribution in [2.45, 2.75) is 44.8 Å². The van der Waals surface area contributed by atoms with Gasteiger partial charge in [-0.1, -0.05) is 13.8 Å². The summed E-state index contributed by atoms with van der Waals surface area (Å²) in [6.07, 6.45) is 2.78. The first-order valence-corrected chi connectivity index (χ1v) is 5.55. The molecule has 82 valence electrons. The van der Waals surface area contributed by atoms with Crippen molar-refractivity contribution < 1.29 is 9.84 Å². The summed E-state index contributed by atoms with van der Waals surface area (Å²) < 4.78 is 5.24. The third-order valence-electron chi connectivity index (χ3n) is 3.61. The van der Waals surface area contributed by atoms with E-state index in [1.807, 2.05) is 0 Å². The molecule has 1 heterocycles. The number of nitrogens with one attached hydrogen (secondary N) is 1. The minimum Gasteiger partial charge on any atom is -0.388 e. The molecule has 2 rings (SSSR count). The van der Waals surface area contributed by atoms with Crippen molar-refractivity contribution in [1.82, 2.24) is 5.32 Å². The number of rotatable bonds is 3. The van der Waals surface area contributed by atoms with Crippen molar-refractivity contribution in [3.8, 4) is 0 Å². The molecular weight excluding hydrogens is 178 g/mol. The first-order chi connectivity index (χ1) is 6.52. The molecule has 14 heavy (non-hydrogen) atoms. The zero-order valence-electron chi connectivity index (χ0n) is 9.18. The molecule has 2 N–H and O–H groups in total. The maximum atomic E-state index is 10.2. The van der Waals surface area contributed by atoms with Gasteiger partial charge >= 0.3 is 0 Å². The van der Waals surface area contributed by atoms with Gasteiger partial charge in [-0.2, -0.15) is 0 Å². The van der Waals surface area contributed by atoms with Crippen molar-refractivity contribution in [3.05, 3.63) is 0 Å². The van der Waals surface area contributed by atoms with Gasteiger partial charge in [0.1, 0.15) is 0 Å². The second kappa shape index (κ2) is 3.47. The highest BCUT2D eigenvalue weighted by Crippen LogP contribution is 2.44. The van der Waals surface area contributed by atoms with E-state index in [2.05, 4.69) is 19.2 Å². The fourth-order valence-corrected chi connectivity index (χ4v) is 2.06. The lowest BCUT2D eigenvalue weighted by atomic mass is 9.94. The van der Waals surface area contributed by atoms with Gasteiger partial charge in [-0.25, -0.2) is 0 Å². The smallest absolute Gasteiger partial charge is 0.0815 e. The van der Waals surface area contributed by atoms with E-state index in [9.17, 15) is 5.11 Å². The van der Waals surface area contributed by atoms with E-state index in [-0.39, 0.29) is 0 Å². The normalized spacial score (nSPS) is 34.1. The Hall–Kier alpha value is -0.120. The van der Waals surface area contributed by atoms with Crippen molar-refractivity contribution in [3.63, 3.8) is 0 Å². The van der Waals surface area contributed by atoms with Crippen molar-refractivity contribution in [2.24, 2.45) is 5.41 Å². The number of aliphatic hydroxyl groups is 1. The summed E-state index contributed by atoms with van der Waals surface area (Å²) in [6, 6.07) is 0.606. The Morgan fingerprint density at radius 3 is 2.43 bits per heavy atom. The summed E-state index contributed by atoms with van der Waals surface area (Å²) in [5, 5.41) is 13.6. The number of hydrogen-bond acceptors (Lipinski definition) is 3. The third kappa shape index (κ3) is 2.27. The Kier molecular flexibility index (Phi) is 2.58. The Balaban J connectivity index is 1.74.